The van der Waals surface area contributed by atoms with Gasteiger partial charge in [-0.15, -0.1) is 0 Å². The molecule has 0 aromatic heterocycles. The van der Waals surface area contributed by atoms with Gasteiger partial charge in [-0.2, -0.15) is 8.42 Å². The normalized spacial score (nSPS) is 33.3. The summed E-state index contributed by atoms with van der Waals surface area (Å²) in [5.41, 5.74) is -1.28. The molecule has 0 unspecified atom stereocenters. The zero-order chi connectivity index (χ0) is 9.62. The maximum atomic E-state index is 12.5. The Labute approximate surface area is 69.8 Å². The van der Waals surface area contributed by atoms with Crippen LogP contribution < -0.4 is 0 Å². The standard InChI is InChI=1S/C6H10F2O3S/c1-5(3-6(5,7)8)4-11-12(2,9)10/h3-4H2,1-2H3/t5-/m0/s1. The van der Waals surface area contributed by atoms with Crippen molar-refractivity contribution in [1.82, 2.24) is 0 Å². The van der Waals surface area contributed by atoms with Gasteiger partial charge in [0, 0.05) is 6.42 Å². The SMILES string of the molecule is C[C@@]1(COS(C)(=O)=O)CC1(F)F. The van der Waals surface area contributed by atoms with Crippen LogP contribution in [-0.4, -0.2) is 27.2 Å². The van der Waals surface area contributed by atoms with Crippen molar-refractivity contribution in [3.05, 3.63) is 0 Å². The van der Waals surface area contributed by atoms with E-state index in [1.54, 1.807) is 0 Å². The first kappa shape index (κ1) is 9.85. The topological polar surface area (TPSA) is 43.4 Å². The van der Waals surface area contributed by atoms with Crippen LogP contribution in [0.5, 0.6) is 0 Å². The Morgan fingerprint density at radius 1 is 1.50 bits per heavy atom. The summed E-state index contributed by atoms with van der Waals surface area (Å²) < 4.78 is 50.1. The maximum absolute atomic E-state index is 12.5. The van der Waals surface area contributed by atoms with Crippen LogP contribution in [0.3, 0.4) is 0 Å². The molecule has 0 heterocycles. The molecular formula is C6H10F2O3S. The first-order valence-corrected chi connectivity index (χ1v) is 5.20. The second-order valence-electron chi connectivity index (χ2n) is 3.41. The molecule has 1 rings (SSSR count). The third-order valence-corrected chi connectivity index (χ3v) is 2.51. The van der Waals surface area contributed by atoms with E-state index in [-0.39, 0.29) is 6.42 Å². The van der Waals surface area contributed by atoms with Crippen molar-refractivity contribution in [2.45, 2.75) is 19.3 Å². The van der Waals surface area contributed by atoms with E-state index in [0.717, 1.165) is 6.26 Å². The van der Waals surface area contributed by atoms with Crippen LogP contribution in [0.4, 0.5) is 8.78 Å². The minimum Gasteiger partial charge on any atom is -0.270 e. The van der Waals surface area contributed by atoms with Gasteiger partial charge in [-0.3, -0.25) is 4.18 Å². The van der Waals surface area contributed by atoms with Crippen molar-refractivity contribution in [2.24, 2.45) is 5.41 Å². The molecule has 0 radical (unpaired) electrons. The quantitative estimate of drug-likeness (QED) is 0.638. The fourth-order valence-electron chi connectivity index (χ4n) is 0.840. The van der Waals surface area contributed by atoms with Gasteiger partial charge in [-0.05, 0) is 0 Å². The fourth-order valence-corrected chi connectivity index (χ4v) is 1.31. The summed E-state index contributed by atoms with van der Waals surface area (Å²) in [5.74, 6) is -2.77. The van der Waals surface area contributed by atoms with Crippen LogP contribution in [-0.2, 0) is 14.3 Å². The molecular weight excluding hydrogens is 190 g/mol. The zero-order valence-corrected chi connectivity index (χ0v) is 7.62. The fraction of sp³-hybridized carbons (Fsp3) is 1.00. The van der Waals surface area contributed by atoms with Gasteiger partial charge in [0.2, 0.25) is 0 Å². The van der Waals surface area contributed by atoms with Crippen molar-refractivity contribution in [3.63, 3.8) is 0 Å². The lowest BCUT2D eigenvalue weighted by Gasteiger charge is -2.08. The molecule has 0 aliphatic heterocycles. The largest absolute Gasteiger partial charge is 0.270 e. The van der Waals surface area contributed by atoms with Gasteiger partial charge in [-0.25, -0.2) is 8.78 Å². The lowest BCUT2D eigenvalue weighted by molar-refractivity contribution is 0.0514. The predicted octanol–water partition coefficient (Wildman–Crippen LogP) is 1.01. The molecule has 6 heteroatoms. The maximum Gasteiger partial charge on any atom is 0.264 e. The van der Waals surface area contributed by atoms with Crippen molar-refractivity contribution in [3.8, 4) is 0 Å². The monoisotopic (exact) mass is 200 g/mol. The van der Waals surface area contributed by atoms with Crippen LogP contribution in [0.1, 0.15) is 13.3 Å². The molecule has 1 aliphatic carbocycles. The Bertz CT molecular complexity index is 285. The van der Waals surface area contributed by atoms with E-state index >= 15 is 0 Å². The van der Waals surface area contributed by atoms with Crippen LogP contribution in [0.25, 0.3) is 0 Å². The van der Waals surface area contributed by atoms with Crippen LogP contribution >= 0.6 is 0 Å². The summed E-state index contributed by atoms with van der Waals surface area (Å²) >= 11 is 0. The molecule has 12 heavy (non-hydrogen) atoms. The van der Waals surface area contributed by atoms with Crippen LogP contribution in [0.15, 0.2) is 0 Å². The zero-order valence-electron chi connectivity index (χ0n) is 6.80. The number of rotatable bonds is 3. The van der Waals surface area contributed by atoms with Crippen molar-refractivity contribution in [1.29, 1.82) is 0 Å². The predicted molar refractivity (Wildman–Crippen MR) is 38.5 cm³/mol. The van der Waals surface area contributed by atoms with Crippen molar-refractivity contribution < 1.29 is 21.4 Å². The Balaban J connectivity index is 2.46. The van der Waals surface area contributed by atoms with Crippen molar-refractivity contribution >= 4 is 10.1 Å². The molecule has 1 atom stereocenters. The van der Waals surface area contributed by atoms with Crippen LogP contribution in [0.2, 0.25) is 0 Å². The number of halogens is 2. The van der Waals surface area contributed by atoms with Gasteiger partial charge in [0.15, 0.2) is 0 Å². The number of alkyl halides is 2. The van der Waals surface area contributed by atoms with Gasteiger partial charge in [0.1, 0.15) is 0 Å². The summed E-state index contributed by atoms with van der Waals surface area (Å²) in [6.07, 6.45) is 0.548. The Morgan fingerprint density at radius 3 is 2.17 bits per heavy atom. The third kappa shape index (κ3) is 1.92. The second-order valence-corrected chi connectivity index (χ2v) is 5.05. The Hall–Kier alpha value is -0.230. The summed E-state index contributed by atoms with van der Waals surface area (Å²) in [4.78, 5) is 0. The summed E-state index contributed by atoms with van der Waals surface area (Å²) in [6, 6.07) is 0. The average molecular weight is 200 g/mol. The Morgan fingerprint density at radius 2 is 1.92 bits per heavy atom. The molecule has 3 nitrogen and oxygen atoms in total. The first-order valence-electron chi connectivity index (χ1n) is 3.39. The first-order chi connectivity index (χ1) is 5.16. The molecule has 0 aromatic carbocycles. The molecule has 0 N–H and O–H groups in total. The molecule has 0 spiro atoms. The Kier molecular flexibility index (Phi) is 1.96. The molecule has 0 saturated heterocycles. The summed E-state index contributed by atoms with van der Waals surface area (Å²) in [6.45, 7) is 0.872. The molecule has 72 valence electrons. The van der Waals surface area contributed by atoms with E-state index in [0.29, 0.717) is 0 Å². The second kappa shape index (κ2) is 2.38. The minimum atomic E-state index is -3.60. The lowest BCUT2D eigenvalue weighted by atomic mass is 10.2. The van der Waals surface area contributed by atoms with E-state index in [9.17, 15) is 17.2 Å². The minimum absolute atomic E-state index is 0.296. The molecule has 1 aliphatic rings. The van der Waals surface area contributed by atoms with Gasteiger partial charge in [-0.1, -0.05) is 6.92 Å². The van der Waals surface area contributed by atoms with Gasteiger partial charge < -0.3 is 0 Å². The van der Waals surface area contributed by atoms with Crippen molar-refractivity contribution in [2.75, 3.05) is 12.9 Å². The smallest absolute Gasteiger partial charge is 0.264 e. The van der Waals surface area contributed by atoms with E-state index in [4.69, 9.17) is 0 Å². The van der Waals surface area contributed by atoms with Gasteiger partial charge in [0.05, 0.1) is 18.3 Å². The lowest BCUT2D eigenvalue weighted by Crippen LogP contribution is -2.17. The summed E-state index contributed by atoms with van der Waals surface area (Å²) in [7, 11) is -3.60. The molecule has 0 aromatic rings. The third-order valence-electron chi connectivity index (χ3n) is 1.96. The van der Waals surface area contributed by atoms with E-state index in [1.807, 2.05) is 0 Å². The molecule has 1 fully saturated rings. The van der Waals surface area contributed by atoms with E-state index < -0.39 is 28.1 Å². The number of hydrogen-bond donors (Lipinski definition) is 0. The average Bonchev–Trinajstić information content (AvgIpc) is 2.28. The molecule has 0 bridgehead atoms. The highest BCUT2D eigenvalue weighted by Crippen LogP contribution is 2.60. The van der Waals surface area contributed by atoms with Crippen LogP contribution in [0, 0.1) is 5.41 Å². The molecule has 1 saturated carbocycles. The highest BCUT2D eigenvalue weighted by molar-refractivity contribution is 7.85. The van der Waals surface area contributed by atoms with E-state index in [1.165, 1.54) is 6.92 Å². The van der Waals surface area contributed by atoms with Gasteiger partial charge in [0.25, 0.3) is 16.0 Å². The summed E-state index contributed by atoms with van der Waals surface area (Å²) in [5, 5.41) is 0. The van der Waals surface area contributed by atoms with Gasteiger partial charge >= 0.3 is 0 Å². The number of hydrogen-bond acceptors (Lipinski definition) is 3. The highest BCUT2D eigenvalue weighted by Gasteiger charge is 2.68. The highest BCUT2D eigenvalue weighted by atomic mass is 32.2. The molecule has 0 amide bonds. The van der Waals surface area contributed by atoms with E-state index in [2.05, 4.69) is 4.18 Å².